The number of rotatable bonds is 2. The highest BCUT2D eigenvalue weighted by Crippen LogP contribution is 2.36. The monoisotopic (exact) mass is 322 g/mol. The van der Waals surface area contributed by atoms with E-state index in [4.69, 9.17) is 5.73 Å². The first-order valence-corrected chi connectivity index (χ1v) is 6.32. The highest BCUT2D eigenvalue weighted by molar-refractivity contribution is 5.97. The number of aromatic nitrogens is 3. The van der Waals surface area contributed by atoms with Crippen molar-refractivity contribution in [2.45, 2.75) is 6.92 Å². The molecule has 0 radical (unpaired) electrons. The largest absolute Gasteiger partial charge is 0.494 e. The number of imidazole rings is 1. The second kappa shape index (κ2) is 4.97. The molecule has 118 valence electrons. The van der Waals surface area contributed by atoms with E-state index >= 15 is 0 Å². The van der Waals surface area contributed by atoms with Crippen LogP contribution in [0.1, 0.15) is 16.2 Å². The van der Waals surface area contributed by atoms with Crippen molar-refractivity contribution in [2.24, 2.45) is 5.73 Å². The van der Waals surface area contributed by atoms with Crippen LogP contribution in [0.3, 0.4) is 0 Å². The quantitative estimate of drug-likeness (QED) is 0.754. The number of nitrogens with two attached hydrogens (primary N) is 1. The van der Waals surface area contributed by atoms with Crippen LogP contribution in [0.2, 0.25) is 0 Å². The summed E-state index contributed by atoms with van der Waals surface area (Å²) < 4.78 is 42.0. The van der Waals surface area contributed by atoms with E-state index in [2.05, 4.69) is 9.97 Å². The molecule has 9 heteroatoms. The van der Waals surface area contributed by atoms with Crippen LogP contribution in [-0.4, -0.2) is 25.4 Å². The number of carbonyl (C=O) groups excluding carboxylic acids is 1. The van der Waals surface area contributed by atoms with Gasteiger partial charge in [0, 0.05) is 12.1 Å². The van der Waals surface area contributed by atoms with Crippen LogP contribution in [-0.2, 0) is 0 Å². The van der Waals surface area contributed by atoms with E-state index in [1.54, 1.807) is 0 Å². The van der Waals surface area contributed by atoms with Gasteiger partial charge in [-0.25, -0.2) is 23.1 Å². The van der Waals surface area contributed by atoms with Crippen LogP contribution >= 0.6 is 0 Å². The third kappa shape index (κ3) is 2.17. The number of fused-ring (bicyclic) bond motifs is 1. The lowest BCUT2D eigenvalue weighted by Gasteiger charge is -2.12. The fraction of sp³-hybridized carbons (Fsp3) is 0.0714. The van der Waals surface area contributed by atoms with Crippen molar-refractivity contribution in [1.29, 1.82) is 0 Å². The molecule has 0 saturated carbocycles. The summed E-state index contributed by atoms with van der Waals surface area (Å²) in [6.07, 6.45) is 1.04. The number of aryl methyl sites for hydroxylation is 1. The highest BCUT2D eigenvalue weighted by atomic mass is 19.1. The zero-order valence-electron chi connectivity index (χ0n) is 11.6. The van der Waals surface area contributed by atoms with Gasteiger partial charge in [0.25, 0.3) is 5.91 Å². The number of amides is 1. The molecule has 3 rings (SSSR count). The minimum Gasteiger partial charge on any atom is -0.494 e. The van der Waals surface area contributed by atoms with Gasteiger partial charge in [-0.15, -0.1) is 0 Å². The van der Waals surface area contributed by atoms with Crippen LogP contribution in [0.25, 0.3) is 16.8 Å². The second-order valence-electron chi connectivity index (χ2n) is 4.79. The third-order valence-corrected chi connectivity index (χ3v) is 3.32. The van der Waals surface area contributed by atoms with Gasteiger partial charge < -0.3 is 10.8 Å². The molecule has 0 atom stereocenters. The van der Waals surface area contributed by atoms with Crippen LogP contribution in [0.5, 0.6) is 5.88 Å². The van der Waals surface area contributed by atoms with E-state index in [9.17, 15) is 23.1 Å². The van der Waals surface area contributed by atoms with E-state index in [-0.39, 0.29) is 22.6 Å². The predicted molar refractivity (Wildman–Crippen MR) is 73.2 cm³/mol. The summed E-state index contributed by atoms with van der Waals surface area (Å²) >= 11 is 0. The van der Waals surface area contributed by atoms with Crippen LogP contribution in [0.15, 0.2) is 18.5 Å². The first-order chi connectivity index (χ1) is 10.8. The Hall–Kier alpha value is -3.10. The van der Waals surface area contributed by atoms with E-state index in [1.807, 2.05) is 0 Å². The zero-order valence-corrected chi connectivity index (χ0v) is 11.6. The minimum atomic E-state index is -1.20. The fourth-order valence-electron chi connectivity index (χ4n) is 2.35. The van der Waals surface area contributed by atoms with Gasteiger partial charge in [0.15, 0.2) is 11.3 Å². The number of carbonyl (C=O) groups is 1. The summed E-state index contributed by atoms with van der Waals surface area (Å²) in [6, 6.07) is 0.981. The normalized spacial score (nSPS) is 11.1. The molecular formula is C14H9F3N4O2. The van der Waals surface area contributed by atoms with Gasteiger partial charge >= 0.3 is 0 Å². The Morgan fingerprint density at radius 1 is 1.22 bits per heavy atom. The van der Waals surface area contributed by atoms with Crippen LogP contribution in [0.4, 0.5) is 13.2 Å². The van der Waals surface area contributed by atoms with Crippen LogP contribution in [0, 0.1) is 24.4 Å². The number of nitrogens with zero attached hydrogens (tertiary/aromatic N) is 3. The van der Waals surface area contributed by atoms with Crippen molar-refractivity contribution < 1.29 is 23.1 Å². The molecule has 0 unspecified atom stereocenters. The molecule has 0 saturated heterocycles. The van der Waals surface area contributed by atoms with E-state index in [0.29, 0.717) is 12.1 Å². The van der Waals surface area contributed by atoms with Crippen molar-refractivity contribution in [3.05, 3.63) is 47.3 Å². The maximum absolute atomic E-state index is 14.0. The molecule has 0 aliphatic heterocycles. The topological polar surface area (TPSA) is 93.5 Å². The van der Waals surface area contributed by atoms with Gasteiger partial charge in [0.05, 0.1) is 16.8 Å². The molecule has 2 heterocycles. The number of hydrogen-bond donors (Lipinski definition) is 2. The van der Waals surface area contributed by atoms with Gasteiger partial charge in [-0.2, -0.15) is 0 Å². The molecule has 23 heavy (non-hydrogen) atoms. The highest BCUT2D eigenvalue weighted by Gasteiger charge is 2.24. The van der Waals surface area contributed by atoms with Gasteiger partial charge in [-0.1, -0.05) is 0 Å². The molecular weight excluding hydrogens is 313 g/mol. The van der Waals surface area contributed by atoms with Crippen LogP contribution < -0.4 is 5.73 Å². The number of hydrogen-bond acceptors (Lipinski definition) is 4. The van der Waals surface area contributed by atoms with E-state index in [1.165, 1.54) is 6.92 Å². The minimum absolute atomic E-state index is 0.0161. The zero-order chi connectivity index (χ0) is 16.9. The Bertz CT molecular complexity index is 945. The second-order valence-corrected chi connectivity index (χ2v) is 4.79. The Balaban J connectivity index is 2.38. The molecule has 0 aliphatic carbocycles. The summed E-state index contributed by atoms with van der Waals surface area (Å²) in [7, 11) is 0. The number of aromatic hydroxyl groups is 1. The third-order valence-electron chi connectivity index (χ3n) is 3.32. The first kappa shape index (κ1) is 14.8. The molecule has 2 aromatic heterocycles. The van der Waals surface area contributed by atoms with Crippen molar-refractivity contribution >= 4 is 11.6 Å². The molecule has 6 nitrogen and oxygen atoms in total. The molecule has 3 aromatic rings. The smallest absolute Gasteiger partial charge is 0.271 e. The van der Waals surface area contributed by atoms with E-state index in [0.717, 1.165) is 10.7 Å². The van der Waals surface area contributed by atoms with Gasteiger partial charge in [0.1, 0.15) is 23.8 Å². The predicted octanol–water partition coefficient (Wildman–Crippen LogP) is 1.93. The number of benzene rings is 1. The Labute approximate surface area is 127 Å². The SMILES string of the molecule is Cc1nc2c(C(N)=O)ncn2c(O)c1-c1c(F)cc(F)cc1F. The summed E-state index contributed by atoms with van der Waals surface area (Å²) in [6.45, 7) is 1.37. The molecule has 3 N–H and O–H groups in total. The Kier molecular flexibility index (Phi) is 3.20. The number of primary amides is 1. The van der Waals surface area contributed by atoms with Gasteiger partial charge in [-0.05, 0) is 6.92 Å². The first-order valence-electron chi connectivity index (χ1n) is 6.32. The maximum atomic E-state index is 14.0. The standard InChI is InChI=1S/C14H9F3N4O2/c1-5-9(10-7(16)2-6(15)3-8(10)17)14(23)21-4-19-11(12(18)22)13(21)20-5/h2-4,23H,1H3,(H2,18,22). The molecule has 1 aromatic carbocycles. The van der Waals surface area contributed by atoms with Crippen molar-refractivity contribution in [3.63, 3.8) is 0 Å². The van der Waals surface area contributed by atoms with Crippen molar-refractivity contribution in [1.82, 2.24) is 14.4 Å². The summed E-state index contributed by atoms with van der Waals surface area (Å²) in [4.78, 5) is 19.0. The molecule has 0 fully saturated rings. The lowest BCUT2D eigenvalue weighted by molar-refractivity contribution is 0.0997. The average Bonchev–Trinajstić information content (AvgIpc) is 2.85. The molecule has 0 bridgehead atoms. The Morgan fingerprint density at radius 2 is 1.83 bits per heavy atom. The van der Waals surface area contributed by atoms with Crippen molar-refractivity contribution in [2.75, 3.05) is 0 Å². The Morgan fingerprint density at radius 3 is 2.39 bits per heavy atom. The average molecular weight is 322 g/mol. The lowest BCUT2D eigenvalue weighted by atomic mass is 10.0. The lowest BCUT2D eigenvalue weighted by Crippen LogP contribution is -2.12. The van der Waals surface area contributed by atoms with Gasteiger partial charge in [-0.3, -0.25) is 9.20 Å². The summed E-state index contributed by atoms with van der Waals surface area (Å²) in [5.74, 6) is -4.95. The van der Waals surface area contributed by atoms with E-state index < -0.39 is 34.8 Å². The number of halogens is 3. The maximum Gasteiger partial charge on any atom is 0.271 e. The summed E-state index contributed by atoms with van der Waals surface area (Å²) in [5.41, 5.74) is 3.99. The molecule has 1 amide bonds. The summed E-state index contributed by atoms with van der Waals surface area (Å²) in [5, 5.41) is 10.3. The fourth-order valence-corrected chi connectivity index (χ4v) is 2.35. The molecule has 0 aliphatic rings. The molecule has 0 spiro atoms. The van der Waals surface area contributed by atoms with Crippen molar-refractivity contribution in [3.8, 4) is 17.0 Å². The van der Waals surface area contributed by atoms with Gasteiger partial charge in [0.2, 0.25) is 5.88 Å².